The predicted molar refractivity (Wildman–Crippen MR) is 63.2 cm³/mol. The number of nitrogens with two attached hydrogens (primary N) is 1. The normalized spacial score (nSPS) is 15.1. The minimum atomic E-state index is -0.226. The first-order chi connectivity index (χ1) is 8.26. The van der Waals surface area contributed by atoms with Gasteiger partial charge in [-0.05, 0) is 30.4 Å². The van der Waals surface area contributed by atoms with Crippen molar-refractivity contribution in [1.29, 1.82) is 0 Å². The van der Waals surface area contributed by atoms with E-state index in [1.807, 2.05) is 16.7 Å². The van der Waals surface area contributed by atoms with E-state index in [-0.39, 0.29) is 12.3 Å². The van der Waals surface area contributed by atoms with Crippen LogP contribution in [-0.2, 0) is 11.2 Å². The number of imidazole rings is 1. The van der Waals surface area contributed by atoms with E-state index >= 15 is 0 Å². The van der Waals surface area contributed by atoms with Crippen LogP contribution in [0.2, 0.25) is 0 Å². The third kappa shape index (κ3) is 2.01. The molecule has 3 rings (SSSR count). The number of fused-ring (bicyclic) bond motifs is 1. The fourth-order valence-corrected chi connectivity index (χ4v) is 2.02. The highest BCUT2D eigenvalue weighted by Gasteiger charge is 2.23. The Hall–Kier alpha value is -1.88. The van der Waals surface area contributed by atoms with Crippen molar-refractivity contribution in [2.24, 2.45) is 5.84 Å². The summed E-state index contributed by atoms with van der Waals surface area (Å²) < 4.78 is 1.98. The van der Waals surface area contributed by atoms with Gasteiger partial charge in [-0.1, -0.05) is 6.07 Å². The third-order valence-corrected chi connectivity index (χ3v) is 3.08. The fraction of sp³-hybridized carbons (Fsp3) is 0.333. The largest absolute Gasteiger partial charge is 0.307 e. The topological polar surface area (TPSA) is 72.4 Å². The summed E-state index contributed by atoms with van der Waals surface area (Å²) >= 11 is 0. The molecule has 1 aliphatic carbocycles. The monoisotopic (exact) mass is 230 g/mol. The molecule has 3 N–H and O–H groups in total. The van der Waals surface area contributed by atoms with Gasteiger partial charge in [0.15, 0.2) is 0 Å². The van der Waals surface area contributed by atoms with Crippen LogP contribution in [0.4, 0.5) is 0 Å². The molecule has 0 unspecified atom stereocenters. The Kier molecular flexibility index (Phi) is 2.33. The molecule has 2 aromatic heterocycles. The molecule has 17 heavy (non-hydrogen) atoms. The number of hydrogen-bond donors (Lipinski definition) is 2. The number of pyridine rings is 1. The van der Waals surface area contributed by atoms with Gasteiger partial charge in [-0.2, -0.15) is 0 Å². The molecule has 1 amide bonds. The molecule has 0 bridgehead atoms. The molecular weight excluding hydrogens is 216 g/mol. The van der Waals surface area contributed by atoms with Gasteiger partial charge in [0.25, 0.3) is 0 Å². The Bertz CT molecular complexity index is 571. The average Bonchev–Trinajstić information content (AvgIpc) is 3.09. The van der Waals surface area contributed by atoms with Crippen molar-refractivity contribution in [3.8, 4) is 0 Å². The molecule has 2 aromatic rings. The lowest BCUT2D eigenvalue weighted by Gasteiger charge is -1.98. The minimum absolute atomic E-state index is 0.219. The summed E-state index contributed by atoms with van der Waals surface area (Å²) in [6.45, 7) is 0. The quantitative estimate of drug-likeness (QED) is 0.464. The lowest BCUT2D eigenvalue weighted by molar-refractivity contribution is -0.120. The zero-order chi connectivity index (χ0) is 11.8. The Labute approximate surface area is 98.6 Å². The van der Waals surface area contributed by atoms with Crippen LogP contribution in [0.1, 0.15) is 30.0 Å². The molecular formula is C12H14N4O. The number of nitrogens with one attached hydrogen (secondary N) is 1. The first-order valence-electron chi connectivity index (χ1n) is 5.73. The summed E-state index contributed by atoms with van der Waals surface area (Å²) in [4.78, 5) is 15.5. The summed E-state index contributed by atoms with van der Waals surface area (Å²) in [7, 11) is 0. The van der Waals surface area contributed by atoms with Crippen molar-refractivity contribution in [2.45, 2.75) is 25.2 Å². The fourth-order valence-electron chi connectivity index (χ4n) is 2.02. The molecule has 1 aliphatic rings. The standard InChI is InChI=1S/C12H14N4O/c13-15-12(17)5-10-7-16-6-9(8-1-2-8)3-4-11(16)14-10/h3-4,6-8H,1-2,5,13H2,(H,15,17). The smallest absolute Gasteiger partial charge is 0.239 e. The lowest BCUT2D eigenvalue weighted by Crippen LogP contribution is -2.31. The number of amides is 1. The molecule has 1 saturated carbocycles. The lowest BCUT2D eigenvalue weighted by atomic mass is 10.2. The molecule has 0 saturated heterocycles. The van der Waals surface area contributed by atoms with Crippen molar-refractivity contribution < 1.29 is 4.79 Å². The van der Waals surface area contributed by atoms with Crippen LogP contribution in [0.3, 0.4) is 0 Å². The van der Waals surface area contributed by atoms with Gasteiger partial charge >= 0.3 is 0 Å². The van der Waals surface area contributed by atoms with E-state index in [0.717, 1.165) is 17.3 Å². The van der Waals surface area contributed by atoms with Crippen molar-refractivity contribution in [3.05, 3.63) is 35.8 Å². The number of hydrogen-bond acceptors (Lipinski definition) is 3. The molecule has 2 heterocycles. The first kappa shape index (κ1) is 10.3. The third-order valence-electron chi connectivity index (χ3n) is 3.08. The zero-order valence-corrected chi connectivity index (χ0v) is 9.39. The molecule has 0 atom stereocenters. The molecule has 88 valence electrons. The summed E-state index contributed by atoms with van der Waals surface area (Å²) in [6.07, 6.45) is 6.77. The van der Waals surface area contributed by atoms with Gasteiger partial charge in [0, 0.05) is 12.4 Å². The minimum Gasteiger partial charge on any atom is -0.307 e. The highest BCUT2D eigenvalue weighted by molar-refractivity contribution is 5.77. The first-order valence-corrected chi connectivity index (χ1v) is 5.73. The molecule has 0 spiro atoms. The summed E-state index contributed by atoms with van der Waals surface area (Å²) in [6, 6.07) is 4.12. The molecule has 1 fully saturated rings. The summed E-state index contributed by atoms with van der Waals surface area (Å²) in [5.74, 6) is 5.55. The van der Waals surface area contributed by atoms with Crippen LogP contribution in [-0.4, -0.2) is 15.3 Å². The zero-order valence-electron chi connectivity index (χ0n) is 9.39. The van der Waals surface area contributed by atoms with Gasteiger partial charge in [0.05, 0.1) is 12.1 Å². The van der Waals surface area contributed by atoms with Crippen LogP contribution in [0.5, 0.6) is 0 Å². The Morgan fingerprint density at radius 2 is 2.29 bits per heavy atom. The van der Waals surface area contributed by atoms with Crippen LogP contribution < -0.4 is 11.3 Å². The average molecular weight is 230 g/mol. The molecule has 0 radical (unpaired) electrons. The van der Waals surface area contributed by atoms with Crippen molar-refractivity contribution in [2.75, 3.05) is 0 Å². The van der Waals surface area contributed by atoms with E-state index in [9.17, 15) is 4.79 Å². The Morgan fingerprint density at radius 1 is 1.47 bits per heavy atom. The van der Waals surface area contributed by atoms with Crippen LogP contribution >= 0.6 is 0 Å². The van der Waals surface area contributed by atoms with Crippen molar-refractivity contribution in [3.63, 3.8) is 0 Å². The van der Waals surface area contributed by atoms with Gasteiger partial charge in [0.2, 0.25) is 5.91 Å². The predicted octanol–water partition coefficient (Wildman–Crippen LogP) is 0.744. The van der Waals surface area contributed by atoms with Gasteiger partial charge < -0.3 is 4.40 Å². The maximum Gasteiger partial charge on any atom is 0.239 e. The second-order valence-electron chi connectivity index (χ2n) is 4.48. The number of aromatic nitrogens is 2. The van der Waals surface area contributed by atoms with Gasteiger partial charge in [-0.3, -0.25) is 10.2 Å². The second-order valence-corrected chi connectivity index (χ2v) is 4.48. The summed E-state index contributed by atoms with van der Waals surface area (Å²) in [5.41, 5.74) is 5.07. The van der Waals surface area contributed by atoms with E-state index < -0.39 is 0 Å². The van der Waals surface area contributed by atoms with E-state index in [1.54, 1.807) is 0 Å². The maximum absolute atomic E-state index is 11.2. The molecule has 0 aromatic carbocycles. The van der Waals surface area contributed by atoms with Gasteiger partial charge in [-0.25, -0.2) is 10.8 Å². The second kappa shape index (κ2) is 3.85. The molecule has 5 nitrogen and oxygen atoms in total. The van der Waals surface area contributed by atoms with E-state index in [2.05, 4.69) is 22.7 Å². The van der Waals surface area contributed by atoms with Crippen LogP contribution in [0.15, 0.2) is 24.5 Å². The highest BCUT2D eigenvalue weighted by Crippen LogP contribution is 2.39. The van der Waals surface area contributed by atoms with Crippen LogP contribution in [0.25, 0.3) is 5.65 Å². The van der Waals surface area contributed by atoms with Gasteiger partial charge in [-0.15, -0.1) is 0 Å². The Balaban J connectivity index is 1.92. The van der Waals surface area contributed by atoms with Gasteiger partial charge in [0.1, 0.15) is 5.65 Å². The highest BCUT2D eigenvalue weighted by atomic mass is 16.2. The number of nitrogens with zero attached hydrogens (tertiary/aromatic N) is 2. The van der Waals surface area contributed by atoms with Crippen molar-refractivity contribution >= 4 is 11.6 Å². The molecule has 0 aliphatic heterocycles. The summed E-state index contributed by atoms with van der Waals surface area (Å²) in [5, 5.41) is 0. The van der Waals surface area contributed by atoms with Crippen LogP contribution in [0, 0.1) is 0 Å². The molecule has 5 heteroatoms. The van der Waals surface area contributed by atoms with E-state index in [4.69, 9.17) is 5.84 Å². The Morgan fingerprint density at radius 3 is 3.00 bits per heavy atom. The number of carbonyl (C=O) groups is 1. The number of hydrazine groups is 1. The van der Waals surface area contributed by atoms with E-state index in [0.29, 0.717) is 0 Å². The SMILES string of the molecule is NNC(=O)Cc1cn2cc(C3CC3)ccc2n1. The van der Waals surface area contributed by atoms with Crippen molar-refractivity contribution in [1.82, 2.24) is 14.8 Å². The maximum atomic E-state index is 11.2. The number of rotatable bonds is 3. The number of carbonyl (C=O) groups excluding carboxylic acids is 1. The van der Waals surface area contributed by atoms with E-state index in [1.165, 1.54) is 18.4 Å².